The van der Waals surface area contributed by atoms with E-state index in [1.54, 1.807) is 55.4 Å². The van der Waals surface area contributed by atoms with Crippen LogP contribution in [0.25, 0.3) is 0 Å². The molecule has 2 heterocycles. The lowest BCUT2D eigenvalue weighted by atomic mass is 10.3. The fraction of sp³-hybridized carbons (Fsp3) is 0.278. The quantitative estimate of drug-likeness (QED) is 0.569. The van der Waals surface area contributed by atoms with Gasteiger partial charge >= 0.3 is 5.97 Å². The first-order chi connectivity index (χ1) is 13.5. The lowest BCUT2D eigenvalue weighted by Crippen LogP contribution is -2.14. The normalized spacial score (nSPS) is 10.5. The van der Waals surface area contributed by atoms with Gasteiger partial charge in [-0.2, -0.15) is 0 Å². The van der Waals surface area contributed by atoms with Gasteiger partial charge in [0.05, 0.1) is 19.9 Å². The molecule has 28 heavy (non-hydrogen) atoms. The summed E-state index contributed by atoms with van der Waals surface area (Å²) in [6.45, 7) is 1.91. The molecule has 0 atom stereocenters. The number of hydrogen-bond donors (Lipinski definition) is 1. The molecule has 0 amide bonds. The first-order valence-electron chi connectivity index (χ1n) is 8.43. The molecule has 0 aliphatic rings. The molecule has 0 aliphatic heterocycles. The van der Waals surface area contributed by atoms with E-state index in [1.165, 1.54) is 0 Å². The van der Waals surface area contributed by atoms with Crippen molar-refractivity contribution in [1.29, 1.82) is 0 Å². The lowest BCUT2D eigenvalue weighted by Gasteiger charge is -2.06. The van der Waals surface area contributed by atoms with Gasteiger partial charge in [-0.3, -0.25) is 0 Å². The van der Waals surface area contributed by atoms with Gasteiger partial charge in [0.2, 0.25) is 0 Å². The minimum absolute atomic E-state index is 0.00924. The highest BCUT2D eigenvalue weighted by Gasteiger charge is 2.09. The number of rotatable bonds is 8. The van der Waals surface area contributed by atoms with Crippen LogP contribution in [0.3, 0.4) is 0 Å². The Morgan fingerprint density at radius 3 is 2.68 bits per heavy atom. The Morgan fingerprint density at radius 2 is 1.96 bits per heavy atom. The molecule has 0 saturated carbocycles. The summed E-state index contributed by atoms with van der Waals surface area (Å²) in [4.78, 5) is 20.0. The number of anilines is 1. The molecule has 0 spiro atoms. The molecular formula is C18H20N6O4. The summed E-state index contributed by atoms with van der Waals surface area (Å²) in [7, 11) is 1.58. The maximum Gasteiger partial charge on any atom is 0.344 e. The topological polar surface area (TPSA) is 127 Å². The van der Waals surface area contributed by atoms with Crippen LogP contribution in [-0.4, -0.2) is 44.6 Å². The van der Waals surface area contributed by atoms with E-state index in [9.17, 15) is 4.79 Å². The number of methoxy groups -OCH3 is 1. The maximum absolute atomic E-state index is 11.8. The number of ether oxygens (including phenoxy) is 3. The molecule has 1 aromatic carbocycles. The molecule has 2 N–H and O–H groups in total. The highest BCUT2D eigenvalue weighted by molar-refractivity contribution is 5.71. The zero-order chi connectivity index (χ0) is 19.9. The summed E-state index contributed by atoms with van der Waals surface area (Å²) >= 11 is 0. The predicted molar refractivity (Wildman–Crippen MR) is 98.6 cm³/mol. The number of carbonyl (C=O) groups is 1. The van der Waals surface area contributed by atoms with Crippen LogP contribution in [0.5, 0.6) is 11.5 Å². The first-order valence-corrected chi connectivity index (χ1v) is 8.43. The molecule has 10 nitrogen and oxygen atoms in total. The number of benzene rings is 1. The zero-order valence-corrected chi connectivity index (χ0v) is 15.5. The fourth-order valence-corrected chi connectivity index (χ4v) is 2.30. The van der Waals surface area contributed by atoms with E-state index in [0.717, 1.165) is 5.56 Å². The van der Waals surface area contributed by atoms with Gasteiger partial charge in [-0.25, -0.2) is 19.4 Å². The van der Waals surface area contributed by atoms with Crippen molar-refractivity contribution in [3.05, 3.63) is 53.7 Å². The molecule has 0 aliphatic carbocycles. The average molecular weight is 384 g/mol. The summed E-state index contributed by atoms with van der Waals surface area (Å²) in [5.41, 5.74) is 7.10. The Morgan fingerprint density at radius 1 is 1.21 bits per heavy atom. The third-order valence-corrected chi connectivity index (χ3v) is 3.73. The SMILES string of the molecule is COc1ccc(OCC(=O)OCc2cn(Cc3cnc(C)nc3N)nn2)cc1. The number of carbonyl (C=O) groups excluding carboxylic acids is 1. The van der Waals surface area contributed by atoms with Crippen LogP contribution in [0.1, 0.15) is 17.1 Å². The summed E-state index contributed by atoms with van der Waals surface area (Å²) in [5.74, 6) is 1.73. The molecular weight excluding hydrogens is 364 g/mol. The highest BCUT2D eigenvalue weighted by atomic mass is 16.6. The number of nitrogens with two attached hydrogens (primary N) is 1. The Labute approximate surface area is 161 Å². The van der Waals surface area contributed by atoms with Crippen LogP contribution >= 0.6 is 0 Å². The summed E-state index contributed by atoms with van der Waals surface area (Å²) in [6.07, 6.45) is 3.31. The molecule has 146 valence electrons. The molecule has 0 radical (unpaired) electrons. The van der Waals surface area contributed by atoms with Gasteiger partial charge in [0.25, 0.3) is 0 Å². The first kappa shape index (κ1) is 19.1. The number of hydrogen-bond acceptors (Lipinski definition) is 9. The number of aryl methyl sites for hydroxylation is 1. The maximum atomic E-state index is 11.8. The lowest BCUT2D eigenvalue weighted by molar-refractivity contribution is -0.147. The smallest absolute Gasteiger partial charge is 0.344 e. The van der Waals surface area contributed by atoms with Gasteiger partial charge in [0, 0.05) is 11.8 Å². The summed E-state index contributed by atoms with van der Waals surface area (Å²) in [5, 5.41) is 7.95. The number of aromatic nitrogens is 5. The van der Waals surface area contributed by atoms with E-state index >= 15 is 0 Å². The van der Waals surface area contributed by atoms with Crippen molar-refractivity contribution in [2.75, 3.05) is 19.5 Å². The van der Waals surface area contributed by atoms with Gasteiger partial charge in [-0.05, 0) is 31.2 Å². The Hall–Kier alpha value is -3.69. The third-order valence-electron chi connectivity index (χ3n) is 3.73. The van der Waals surface area contributed by atoms with Gasteiger partial charge in [0.1, 0.15) is 35.4 Å². The van der Waals surface area contributed by atoms with Crippen molar-refractivity contribution >= 4 is 11.8 Å². The van der Waals surface area contributed by atoms with Crippen molar-refractivity contribution in [1.82, 2.24) is 25.0 Å². The average Bonchev–Trinajstić information content (AvgIpc) is 3.15. The van der Waals surface area contributed by atoms with Crippen LogP contribution in [0.4, 0.5) is 5.82 Å². The molecule has 3 rings (SSSR count). The van der Waals surface area contributed by atoms with E-state index in [2.05, 4.69) is 20.3 Å². The van der Waals surface area contributed by atoms with Gasteiger partial charge in [-0.15, -0.1) is 5.10 Å². The van der Waals surface area contributed by atoms with Gasteiger partial charge < -0.3 is 19.9 Å². The van der Waals surface area contributed by atoms with Crippen LogP contribution in [-0.2, 0) is 22.7 Å². The van der Waals surface area contributed by atoms with Crippen molar-refractivity contribution in [2.45, 2.75) is 20.1 Å². The highest BCUT2D eigenvalue weighted by Crippen LogP contribution is 2.17. The van der Waals surface area contributed by atoms with Crippen LogP contribution in [0.2, 0.25) is 0 Å². The van der Waals surface area contributed by atoms with E-state index in [4.69, 9.17) is 19.9 Å². The van der Waals surface area contributed by atoms with Crippen molar-refractivity contribution in [3.8, 4) is 11.5 Å². The van der Waals surface area contributed by atoms with E-state index < -0.39 is 5.97 Å². The fourth-order valence-electron chi connectivity index (χ4n) is 2.30. The molecule has 3 aromatic rings. The number of esters is 1. The monoisotopic (exact) mass is 384 g/mol. The number of nitrogens with zero attached hydrogens (tertiary/aromatic N) is 5. The second-order valence-electron chi connectivity index (χ2n) is 5.86. The Bertz CT molecular complexity index is 942. The molecule has 0 fully saturated rings. The van der Waals surface area contributed by atoms with E-state index in [0.29, 0.717) is 35.4 Å². The molecule has 10 heteroatoms. The van der Waals surface area contributed by atoms with Crippen LogP contribution < -0.4 is 15.2 Å². The van der Waals surface area contributed by atoms with Crippen LogP contribution in [0.15, 0.2) is 36.7 Å². The Kier molecular flexibility index (Phi) is 6.00. The molecule has 2 aromatic heterocycles. The Balaban J connectivity index is 1.46. The third kappa shape index (κ3) is 5.16. The minimum Gasteiger partial charge on any atom is -0.497 e. The van der Waals surface area contributed by atoms with Crippen molar-refractivity contribution in [2.24, 2.45) is 0 Å². The standard InChI is InChI=1S/C18H20N6O4/c1-12-20-7-13(18(19)21-12)8-24-9-14(22-23-24)10-28-17(25)11-27-16-5-3-15(26-2)4-6-16/h3-7,9H,8,10-11H2,1-2H3,(H2,19,20,21). The second kappa shape index (κ2) is 8.80. The van der Waals surface area contributed by atoms with Crippen molar-refractivity contribution in [3.63, 3.8) is 0 Å². The summed E-state index contributed by atoms with van der Waals surface area (Å²) < 4.78 is 17.1. The minimum atomic E-state index is -0.512. The van der Waals surface area contributed by atoms with Gasteiger partial charge in [0.15, 0.2) is 6.61 Å². The largest absolute Gasteiger partial charge is 0.497 e. The van der Waals surface area contributed by atoms with E-state index in [-0.39, 0.29) is 13.2 Å². The van der Waals surface area contributed by atoms with E-state index in [1.807, 2.05) is 0 Å². The van der Waals surface area contributed by atoms with Crippen LogP contribution in [0, 0.1) is 6.92 Å². The second-order valence-corrected chi connectivity index (χ2v) is 5.86. The molecule has 0 bridgehead atoms. The zero-order valence-electron chi connectivity index (χ0n) is 15.5. The molecule has 0 unspecified atom stereocenters. The summed E-state index contributed by atoms with van der Waals surface area (Å²) in [6, 6.07) is 6.89. The molecule has 0 saturated heterocycles. The van der Waals surface area contributed by atoms with Gasteiger partial charge in [-0.1, -0.05) is 5.21 Å². The predicted octanol–water partition coefficient (Wildman–Crippen LogP) is 1.14. The number of nitrogen functional groups attached to an aromatic ring is 1. The van der Waals surface area contributed by atoms with Crippen molar-refractivity contribution < 1.29 is 19.0 Å².